The molecule has 0 fully saturated rings. The molecular weight excluding hydrogens is 286 g/mol. The summed E-state index contributed by atoms with van der Waals surface area (Å²) in [6.45, 7) is 4.82. The van der Waals surface area contributed by atoms with Crippen LogP contribution < -0.4 is 5.32 Å². The second kappa shape index (κ2) is 7.27. The molecule has 21 heavy (non-hydrogen) atoms. The molecule has 0 saturated carbocycles. The van der Waals surface area contributed by atoms with Gasteiger partial charge in [0.2, 0.25) is 5.91 Å². The van der Waals surface area contributed by atoms with E-state index in [1.54, 1.807) is 0 Å². The Balaban J connectivity index is 1.91. The lowest BCUT2D eigenvalue weighted by molar-refractivity contribution is -0.116. The van der Waals surface area contributed by atoms with E-state index in [0.717, 1.165) is 30.0 Å². The molecule has 0 aliphatic rings. The van der Waals surface area contributed by atoms with Gasteiger partial charge in [0, 0.05) is 24.1 Å². The molecule has 1 heterocycles. The molecule has 112 valence electrons. The first-order chi connectivity index (χ1) is 10.1. The van der Waals surface area contributed by atoms with Crippen molar-refractivity contribution < 1.29 is 4.79 Å². The van der Waals surface area contributed by atoms with Crippen LogP contribution in [0.5, 0.6) is 0 Å². The molecule has 1 aromatic heterocycles. The van der Waals surface area contributed by atoms with Crippen molar-refractivity contribution in [2.45, 2.75) is 39.7 Å². The summed E-state index contributed by atoms with van der Waals surface area (Å²) in [5.74, 6) is 0.776. The smallest absolute Gasteiger partial charge is 0.225 e. The summed E-state index contributed by atoms with van der Waals surface area (Å²) in [4.78, 5) is 12.0. The van der Waals surface area contributed by atoms with Gasteiger partial charge in [-0.3, -0.25) is 4.79 Å². The zero-order valence-electron chi connectivity index (χ0n) is 12.4. The Morgan fingerprint density at radius 2 is 2.05 bits per heavy atom. The largest absolute Gasteiger partial charge is 0.311 e. The van der Waals surface area contributed by atoms with Gasteiger partial charge >= 0.3 is 0 Å². The zero-order chi connectivity index (χ0) is 15.2. The van der Waals surface area contributed by atoms with Gasteiger partial charge in [-0.1, -0.05) is 30.7 Å². The van der Waals surface area contributed by atoms with Crippen LogP contribution in [0.3, 0.4) is 0 Å². The van der Waals surface area contributed by atoms with E-state index in [0.29, 0.717) is 17.9 Å². The standard InChI is InChI=1S/C16H20ClN3O/c1-3-10-20-15(11-12(2)19-20)18-16(21)9-6-13-4-7-14(17)8-5-13/h4-5,7-8,11H,3,6,9-10H2,1-2H3,(H,18,21). The summed E-state index contributed by atoms with van der Waals surface area (Å²) in [6, 6.07) is 9.47. The van der Waals surface area contributed by atoms with Crippen LogP contribution in [0.2, 0.25) is 5.02 Å². The second-order valence-electron chi connectivity index (χ2n) is 5.07. The average molecular weight is 306 g/mol. The lowest BCUT2D eigenvalue weighted by atomic mass is 10.1. The fourth-order valence-electron chi connectivity index (χ4n) is 2.14. The maximum atomic E-state index is 12.0. The van der Waals surface area contributed by atoms with Crippen molar-refractivity contribution in [1.82, 2.24) is 9.78 Å². The fraction of sp³-hybridized carbons (Fsp3) is 0.375. The van der Waals surface area contributed by atoms with Gasteiger partial charge < -0.3 is 5.32 Å². The quantitative estimate of drug-likeness (QED) is 0.881. The lowest BCUT2D eigenvalue weighted by Gasteiger charge is -2.08. The highest BCUT2D eigenvalue weighted by Gasteiger charge is 2.09. The number of benzene rings is 1. The summed E-state index contributed by atoms with van der Waals surface area (Å²) in [7, 11) is 0. The van der Waals surface area contributed by atoms with Gasteiger partial charge in [0.05, 0.1) is 5.69 Å². The summed E-state index contributed by atoms with van der Waals surface area (Å²) in [5.41, 5.74) is 2.02. The van der Waals surface area contributed by atoms with Crippen molar-refractivity contribution in [3.63, 3.8) is 0 Å². The number of aryl methyl sites for hydroxylation is 3. The molecule has 2 aromatic rings. The van der Waals surface area contributed by atoms with E-state index in [2.05, 4.69) is 17.3 Å². The summed E-state index contributed by atoms with van der Waals surface area (Å²) in [6.07, 6.45) is 2.12. The molecular formula is C16H20ClN3O. The van der Waals surface area contributed by atoms with E-state index in [4.69, 9.17) is 11.6 Å². The molecule has 0 spiro atoms. The van der Waals surface area contributed by atoms with Gasteiger partial charge in [0.25, 0.3) is 0 Å². The van der Waals surface area contributed by atoms with Gasteiger partial charge in [-0.05, 0) is 37.5 Å². The van der Waals surface area contributed by atoms with Gasteiger partial charge in [-0.2, -0.15) is 5.10 Å². The molecule has 4 nitrogen and oxygen atoms in total. The Labute approximate surface area is 130 Å². The number of carbonyl (C=O) groups excluding carboxylic acids is 1. The minimum absolute atomic E-state index is 0.00204. The van der Waals surface area contributed by atoms with Crippen LogP contribution in [0, 0.1) is 6.92 Å². The number of halogens is 1. The maximum Gasteiger partial charge on any atom is 0.225 e. The van der Waals surface area contributed by atoms with Gasteiger partial charge in [-0.15, -0.1) is 0 Å². The van der Waals surface area contributed by atoms with Crippen molar-refractivity contribution in [2.24, 2.45) is 0 Å². The molecule has 0 unspecified atom stereocenters. The molecule has 0 saturated heterocycles. The predicted octanol–water partition coefficient (Wildman–Crippen LogP) is 3.83. The number of hydrogen-bond acceptors (Lipinski definition) is 2. The van der Waals surface area contributed by atoms with Crippen molar-refractivity contribution in [1.29, 1.82) is 0 Å². The second-order valence-corrected chi connectivity index (χ2v) is 5.51. The number of aromatic nitrogens is 2. The molecule has 1 aromatic carbocycles. The summed E-state index contributed by atoms with van der Waals surface area (Å²) >= 11 is 5.84. The van der Waals surface area contributed by atoms with Crippen LogP contribution >= 0.6 is 11.6 Å². The molecule has 5 heteroatoms. The number of amides is 1. The Morgan fingerprint density at radius 3 is 2.71 bits per heavy atom. The van der Waals surface area contributed by atoms with Crippen molar-refractivity contribution >= 4 is 23.3 Å². The minimum Gasteiger partial charge on any atom is -0.311 e. The van der Waals surface area contributed by atoms with Gasteiger partial charge in [0.15, 0.2) is 0 Å². The molecule has 0 radical (unpaired) electrons. The van der Waals surface area contributed by atoms with Crippen LogP contribution in [0.15, 0.2) is 30.3 Å². The Bertz CT molecular complexity index is 604. The highest BCUT2D eigenvalue weighted by atomic mass is 35.5. The first kappa shape index (κ1) is 15.6. The monoisotopic (exact) mass is 305 g/mol. The summed E-state index contributed by atoms with van der Waals surface area (Å²) in [5, 5.41) is 8.01. The number of nitrogens with one attached hydrogen (secondary N) is 1. The molecule has 1 amide bonds. The van der Waals surface area contributed by atoms with E-state index >= 15 is 0 Å². The SMILES string of the molecule is CCCn1nc(C)cc1NC(=O)CCc1ccc(Cl)cc1. The third-order valence-electron chi connectivity index (χ3n) is 3.16. The molecule has 0 aliphatic carbocycles. The first-order valence-corrected chi connectivity index (χ1v) is 7.55. The number of hydrogen-bond donors (Lipinski definition) is 1. The van der Waals surface area contributed by atoms with Crippen LogP contribution in [0.25, 0.3) is 0 Å². The Kier molecular flexibility index (Phi) is 5.39. The van der Waals surface area contributed by atoms with E-state index in [1.807, 2.05) is 41.9 Å². The number of nitrogens with zero attached hydrogens (tertiary/aromatic N) is 2. The highest BCUT2D eigenvalue weighted by molar-refractivity contribution is 6.30. The van der Waals surface area contributed by atoms with Crippen molar-refractivity contribution in [3.8, 4) is 0 Å². The van der Waals surface area contributed by atoms with E-state index in [-0.39, 0.29) is 5.91 Å². The van der Waals surface area contributed by atoms with Crippen LogP contribution in [-0.2, 0) is 17.8 Å². The fourth-order valence-corrected chi connectivity index (χ4v) is 2.27. The number of rotatable bonds is 6. The van der Waals surface area contributed by atoms with Crippen LogP contribution in [-0.4, -0.2) is 15.7 Å². The average Bonchev–Trinajstić information content (AvgIpc) is 2.78. The van der Waals surface area contributed by atoms with Crippen molar-refractivity contribution in [3.05, 3.63) is 46.6 Å². The lowest BCUT2D eigenvalue weighted by Crippen LogP contribution is -2.16. The Hall–Kier alpha value is -1.81. The molecule has 0 aliphatic heterocycles. The third kappa shape index (κ3) is 4.60. The van der Waals surface area contributed by atoms with Crippen molar-refractivity contribution in [2.75, 3.05) is 5.32 Å². The highest BCUT2D eigenvalue weighted by Crippen LogP contribution is 2.13. The predicted molar refractivity (Wildman–Crippen MR) is 85.7 cm³/mol. The van der Waals surface area contributed by atoms with Crippen LogP contribution in [0.4, 0.5) is 5.82 Å². The topological polar surface area (TPSA) is 46.9 Å². The Morgan fingerprint density at radius 1 is 1.33 bits per heavy atom. The molecule has 0 atom stereocenters. The zero-order valence-corrected chi connectivity index (χ0v) is 13.2. The van der Waals surface area contributed by atoms with Gasteiger partial charge in [-0.25, -0.2) is 4.68 Å². The van der Waals surface area contributed by atoms with E-state index in [1.165, 1.54) is 0 Å². The van der Waals surface area contributed by atoms with Crippen LogP contribution in [0.1, 0.15) is 31.0 Å². The van der Waals surface area contributed by atoms with E-state index in [9.17, 15) is 4.79 Å². The minimum atomic E-state index is 0.00204. The maximum absolute atomic E-state index is 12.0. The normalized spacial score (nSPS) is 10.6. The first-order valence-electron chi connectivity index (χ1n) is 7.17. The number of anilines is 1. The third-order valence-corrected chi connectivity index (χ3v) is 3.41. The number of carbonyl (C=O) groups is 1. The van der Waals surface area contributed by atoms with E-state index < -0.39 is 0 Å². The van der Waals surface area contributed by atoms with Gasteiger partial charge in [0.1, 0.15) is 5.82 Å². The molecule has 1 N–H and O–H groups in total. The molecule has 0 bridgehead atoms. The summed E-state index contributed by atoms with van der Waals surface area (Å²) < 4.78 is 1.84. The molecule has 2 rings (SSSR count).